The Balaban J connectivity index is 2.32. The quantitative estimate of drug-likeness (QED) is 0.553. The Morgan fingerprint density at radius 1 is 1.90 bits per heavy atom. The molecule has 0 aromatic rings. The highest BCUT2D eigenvalue weighted by molar-refractivity contribution is 5.17. The fourth-order valence-electron chi connectivity index (χ4n) is 0.709. The van der Waals surface area contributed by atoms with Crippen molar-refractivity contribution in [2.45, 2.75) is 0 Å². The number of dihydropyridines is 1. The molecule has 2 heteroatoms. The molecule has 0 fully saturated rings. The SMILES string of the molecule is C=CCNC1=[C]NCC=C1. The second kappa shape index (κ2) is 3.77. The normalized spacial score (nSPS) is 15.4. The number of allylic oxidation sites excluding steroid dienone is 1. The maximum absolute atomic E-state index is 3.60. The fourth-order valence-corrected chi connectivity index (χ4v) is 0.709. The molecular formula is C8H11N2. The van der Waals surface area contributed by atoms with Crippen LogP contribution >= 0.6 is 0 Å². The highest BCUT2D eigenvalue weighted by Gasteiger charge is 1.92. The maximum Gasteiger partial charge on any atom is 0.0835 e. The topological polar surface area (TPSA) is 24.1 Å². The van der Waals surface area contributed by atoms with Gasteiger partial charge in [-0.15, -0.1) is 6.58 Å². The molecule has 1 aliphatic heterocycles. The van der Waals surface area contributed by atoms with Crippen LogP contribution in [0.1, 0.15) is 0 Å². The van der Waals surface area contributed by atoms with E-state index in [0.717, 1.165) is 18.8 Å². The summed E-state index contributed by atoms with van der Waals surface area (Å²) in [4.78, 5) is 0. The average Bonchev–Trinajstić information content (AvgIpc) is 2.03. The van der Waals surface area contributed by atoms with Gasteiger partial charge in [-0.25, -0.2) is 0 Å². The molecule has 0 unspecified atom stereocenters. The molecule has 10 heavy (non-hydrogen) atoms. The third-order valence-electron chi connectivity index (χ3n) is 1.16. The Bertz CT molecular complexity index is 168. The first-order valence-corrected chi connectivity index (χ1v) is 3.30. The summed E-state index contributed by atoms with van der Waals surface area (Å²) in [5, 5.41) is 6.08. The van der Waals surface area contributed by atoms with E-state index >= 15 is 0 Å². The van der Waals surface area contributed by atoms with Gasteiger partial charge in [-0.1, -0.05) is 12.2 Å². The number of rotatable bonds is 3. The van der Waals surface area contributed by atoms with Crippen LogP contribution in [0.25, 0.3) is 0 Å². The van der Waals surface area contributed by atoms with Gasteiger partial charge in [-0.05, 0) is 6.08 Å². The van der Waals surface area contributed by atoms with Crippen LogP contribution in [0.5, 0.6) is 0 Å². The minimum atomic E-state index is 0.786. The van der Waals surface area contributed by atoms with E-state index < -0.39 is 0 Å². The molecule has 1 rings (SSSR count). The van der Waals surface area contributed by atoms with Crippen LogP contribution in [0.2, 0.25) is 0 Å². The zero-order valence-corrected chi connectivity index (χ0v) is 5.85. The van der Waals surface area contributed by atoms with Gasteiger partial charge in [0, 0.05) is 13.1 Å². The Morgan fingerprint density at radius 2 is 2.80 bits per heavy atom. The smallest absolute Gasteiger partial charge is 0.0835 e. The van der Waals surface area contributed by atoms with Gasteiger partial charge in [0.05, 0.1) is 11.9 Å². The third kappa shape index (κ3) is 1.97. The zero-order chi connectivity index (χ0) is 7.23. The summed E-state index contributed by atoms with van der Waals surface area (Å²) in [6.07, 6.45) is 8.84. The van der Waals surface area contributed by atoms with Crippen molar-refractivity contribution in [2.75, 3.05) is 13.1 Å². The first kappa shape index (κ1) is 6.93. The first-order valence-electron chi connectivity index (χ1n) is 3.30. The van der Waals surface area contributed by atoms with Crippen LogP contribution in [0.3, 0.4) is 0 Å². The molecule has 0 spiro atoms. The molecule has 0 aliphatic carbocycles. The molecule has 2 N–H and O–H groups in total. The molecule has 0 saturated carbocycles. The summed E-state index contributed by atoms with van der Waals surface area (Å²) in [5.74, 6) is 0. The molecule has 53 valence electrons. The fraction of sp³-hybridized carbons (Fsp3) is 0.250. The van der Waals surface area contributed by atoms with Crippen LogP contribution in [0, 0.1) is 6.20 Å². The standard InChI is InChI=1S/C8H11N2/c1-2-5-10-8-4-3-6-9-7-8/h2-4,9-10H,1,5-6H2. The van der Waals surface area contributed by atoms with Crippen molar-refractivity contribution in [3.63, 3.8) is 0 Å². The van der Waals surface area contributed by atoms with Gasteiger partial charge in [0.2, 0.25) is 0 Å². The van der Waals surface area contributed by atoms with Gasteiger partial charge in [-0.2, -0.15) is 0 Å². The Labute approximate surface area is 61.3 Å². The number of nitrogens with one attached hydrogen (secondary N) is 2. The van der Waals surface area contributed by atoms with Gasteiger partial charge in [0.25, 0.3) is 0 Å². The average molecular weight is 135 g/mol. The van der Waals surface area contributed by atoms with Crippen LogP contribution in [0.15, 0.2) is 30.5 Å². The van der Waals surface area contributed by atoms with E-state index in [-0.39, 0.29) is 0 Å². The van der Waals surface area contributed by atoms with E-state index in [0.29, 0.717) is 0 Å². The van der Waals surface area contributed by atoms with Gasteiger partial charge in [-0.3, -0.25) is 0 Å². The van der Waals surface area contributed by atoms with Gasteiger partial charge in [0.15, 0.2) is 0 Å². The first-order chi connectivity index (χ1) is 4.93. The van der Waals surface area contributed by atoms with Crippen LogP contribution < -0.4 is 10.6 Å². The highest BCUT2D eigenvalue weighted by Crippen LogP contribution is 1.92. The van der Waals surface area contributed by atoms with E-state index in [2.05, 4.69) is 23.4 Å². The lowest BCUT2D eigenvalue weighted by molar-refractivity contribution is 0.846. The molecule has 0 bridgehead atoms. The maximum atomic E-state index is 3.60. The summed E-state index contributed by atoms with van der Waals surface area (Å²) in [7, 11) is 0. The lowest BCUT2D eigenvalue weighted by Crippen LogP contribution is -2.19. The minimum absolute atomic E-state index is 0.786. The van der Waals surface area contributed by atoms with Crippen LogP contribution in [0.4, 0.5) is 0 Å². The summed E-state index contributed by atoms with van der Waals surface area (Å²) in [6, 6.07) is 0. The van der Waals surface area contributed by atoms with E-state index in [1.54, 1.807) is 0 Å². The van der Waals surface area contributed by atoms with Crippen molar-refractivity contribution in [1.82, 2.24) is 10.6 Å². The summed E-state index contributed by atoms with van der Waals surface area (Å²) < 4.78 is 0. The van der Waals surface area contributed by atoms with Crippen molar-refractivity contribution in [2.24, 2.45) is 0 Å². The molecule has 1 heterocycles. The van der Waals surface area contributed by atoms with Gasteiger partial charge >= 0.3 is 0 Å². The summed E-state index contributed by atoms with van der Waals surface area (Å²) >= 11 is 0. The van der Waals surface area contributed by atoms with Crippen molar-refractivity contribution in [3.8, 4) is 0 Å². The molecule has 0 aromatic heterocycles. The van der Waals surface area contributed by atoms with E-state index in [1.807, 2.05) is 18.2 Å². The molecule has 0 atom stereocenters. The number of hydrogen-bond acceptors (Lipinski definition) is 2. The molecule has 1 aliphatic rings. The third-order valence-corrected chi connectivity index (χ3v) is 1.16. The Hall–Kier alpha value is -1.18. The second-order valence-corrected chi connectivity index (χ2v) is 1.99. The molecule has 2 nitrogen and oxygen atoms in total. The van der Waals surface area contributed by atoms with Crippen LogP contribution in [-0.4, -0.2) is 13.1 Å². The minimum Gasteiger partial charge on any atom is -0.380 e. The molecule has 1 radical (unpaired) electrons. The van der Waals surface area contributed by atoms with Crippen molar-refractivity contribution in [1.29, 1.82) is 0 Å². The lowest BCUT2D eigenvalue weighted by Gasteiger charge is -2.07. The Kier molecular flexibility index (Phi) is 2.62. The molecular weight excluding hydrogens is 124 g/mol. The van der Waals surface area contributed by atoms with Crippen molar-refractivity contribution in [3.05, 3.63) is 36.7 Å². The highest BCUT2D eigenvalue weighted by atomic mass is 14.9. The van der Waals surface area contributed by atoms with Crippen LogP contribution in [-0.2, 0) is 0 Å². The van der Waals surface area contributed by atoms with Crippen molar-refractivity contribution < 1.29 is 0 Å². The largest absolute Gasteiger partial charge is 0.380 e. The van der Waals surface area contributed by atoms with Gasteiger partial charge in [0.1, 0.15) is 0 Å². The summed E-state index contributed by atoms with van der Waals surface area (Å²) in [6.45, 7) is 5.26. The van der Waals surface area contributed by atoms with E-state index in [9.17, 15) is 0 Å². The molecule has 0 aromatic carbocycles. The lowest BCUT2D eigenvalue weighted by atomic mass is 10.3. The Morgan fingerprint density at radius 3 is 3.40 bits per heavy atom. The second-order valence-electron chi connectivity index (χ2n) is 1.99. The van der Waals surface area contributed by atoms with E-state index in [1.165, 1.54) is 0 Å². The predicted octanol–water partition coefficient (Wildman–Crippen LogP) is 0.566. The van der Waals surface area contributed by atoms with Crippen molar-refractivity contribution >= 4 is 0 Å². The molecule has 0 amide bonds. The monoisotopic (exact) mass is 135 g/mol. The molecule has 0 saturated heterocycles. The van der Waals surface area contributed by atoms with Gasteiger partial charge < -0.3 is 10.6 Å². The number of hydrogen-bond donors (Lipinski definition) is 2. The zero-order valence-electron chi connectivity index (χ0n) is 5.85. The predicted molar refractivity (Wildman–Crippen MR) is 42.1 cm³/mol. The summed E-state index contributed by atoms with van der Waals surface area (Å²) in [5.41, 5.74) is 0.992. The van der Waals surface area contributed by atoms with E-state index in [4.69, 9.17) is 0 Å².